The van der Waals surface area contributed by atoms with Gasteiger partial charge in [-0.05, 0) is 54.6 Å². The van der Waals surface area contributed by atoms with Gasteiger partial charge in [0.25, 0.3) is 5.91 Å². The van der Waals surface area contributed by atoms with E-state index in [9.17, 15) is 4.79 Å². The molecule has 5 nitrogen and oxygen atoms in total. The number of hydrogen-bond acceptors (Lipinski definition) is 4. The Morgan fingerprint density at radius 1 is 0.923 bits per heavy atom. The van der Waals surface area contributed by atoms with Crippen LogP contribution in [-0.2, 0) is 0 Å². The number of aromatic nitrogens is 1. The first-order valence-electron chi connectivity index (χ1n) is 7.68. The van der Waals surface area contributed by atoms with Crippen LogP contribution in [0.1, 0.15) is 10.5 Å². The molecule has 3 aromatic rings. The minimum Gasteiger partial charge on any atom is -0.497 e. The van der Waals surface area contributed by atoms with E-state index in [1.54, 1.807) is 67.9 Å². The molecule has 132 valence electrons. The van der Waals surface area contributed by atoms with E-state index in [4.69, 9.17) is 27.9 Å². The summed E-state index contributed by atoms with van der Waals surface area (Å²) in [5.74, 6) is 0.421. The second kappa shape index (κ2) is 8.08. The average molecular weight is 388 g/mol. The fourth-order valence-electron chi connectivity index (χ4n) is 2.26. The van der Waals surface area contributed by atoms with Gasteiger partial charge in [-0.15, -0.1) is 0 Å². The van der Waals surface area contributed by atoms with E-state index in [-0.39, 0.29) is 5.91 Å². The lowest BCUT2D eigenvalue weighted by Crippen LogP contribution is -2.13. The van der Waals surface area contributed by atoms with Crippen LogP contribution in [0.25, 0.3) is 0 Å². The van der Waals surface area contributed by atoms with Crippen molar-refractivity contribution in [3.05, 3.63) is 76.5 Å². The summed E-state index contributed by atoms with van der Waals surface area (Å²) in [6.07, 6.45) is 1.57. The Hall–Kier alpha value is -2.76. The SMILES string of the molecule is COc1ccc(NC(=O)c2ccc(Nc3cc(Cl)cc(Cl)c3)cn2)cc1. The Morgan fingerprint density at radius 2 is 1.58 bits per heavy atom. The van der Waals surface area contributed by atoms with Crippen LogP contribution in [0, 0.1) is 0 Å². The van der Waals surface area contributed by atoms with Crippen LogP contribution in [0.15, 0.2) is 60.8 Å². The van der Waals surface area contributed by atoms with Crippen LogP contribution in [0.4, 0.5) is 17.1 Å². The van der Waals surface area contributed by atoms with Crippen molar-refractivity contribution in [1.29, 1.82) is 0 Å². The summed E-state index contributed by atoms with van der Waals surface area (Å²) in [6.45, 7) is 0. The number of nitrogens with one attached hydrogen (secondary N) is 2. The zero-order valence-corrected chi connectivity index (χ0v) is 15.3. The maximum Gasteiger partial charge on any atom is 0.274 e. The van der Waals surface area contributed by atoms with Crippen molar-refractivity contribution in [2.24, 2.45) is 0 Å². The van der Waals surface area contributed by atoms with Gasteiger partial charge in [0.1, 0.15) is 11.4 Å². The van der Waals surface area contributed by atoms with Crippen LogP contribution in [0.2, 0.25) is 10.0 Å². The number of halogens is 2. The predicted octanol–water partition coefficient (Wildman–Crippen LogP) is 5.39. The summed E-state index contributed by atoms with van der Waals surface area (Å²) in [4.78, 5) is 16.5. The van der Waals surface area contributed by atoms with Crippen LogP contribution in [0.3, 0.4) is 0 Å². The average Bonchev–Trinajstić information content (AvgIpc) is 2.62. The molecule has 0 spiro atoms. The Labute approximate surface area is 160 Å². The molecule has 26 heavy (non-hydrogen) atoms. The minimum absolute atomic E-state index is 0.299. The van der Waals surface area contributed by atoms with E-state index in [1.807, 2.05) is 0 Å². The number of carbonyl (C=O) groups excluding carboxylic acids is 1. The lowest BCUT2D eigenvalue weighted by atomic mass is 10.2. The van der Waals surface area contributed by atoms with Gasteiger partial charge in [-0.3, -0.25) is 4.79 Å². The van der Waals surface area contributed by atoms with Gasteiger partial charge in [0.2, 0.25) is 0 Å². The first-order valence-corrected chi connectivity index (χ1v) is 8.43. The van der Waals surface area contributed by atoms with E-state index in [0.717, 1.165) is 11.4 Å². The number of carbonyl (C=O) groups is 1. The van der Waals surface area contributed by atoms with Crippen molar-refractivity contribution >= 4 is 46.2 Å². The number of rotatable bonds is 5. The largest absolute Gasteiger partial charge is 0.497 e. The molecule has 3 rings (SSSR count). The smallest absolute Gasteiger partial charge is 0.274 e. The summed E-state index contributed by atoms with van der Waals surface area (Å²) in [7, 11) is 1.59. The number of ether oxygens (including phenoxy) is 1. The van der Waals surface area contributed by atoms with E-state index >= 15 is 0 Å². The van der Waals surface area contributed by atoms with Gasteiger partial charge >= 0.3 is 0 Å². The number of pyridine rings is 1. The number of benzene rings is 2. The Kier molecular flexibility index (Phi) is 5.61. The Bertz CT molecular complexity index is 893. The van der Waals surface area contributed by atoms with Crippen molar-refractivity contribution in [3.8, 4) is 5.75 Å². The lowest BCUT2D eigenvalue weighted by molar-refractivity contribution is 0.102. The number of methoxy groups -OCH3 is 1. The molecule has 0 saturated heterocycles. The van der Waals surface area contributed by atoms with E-state index < -0.39 is 0 Å². The molecule has 0 aliphatic carbocycles. The van der Waals surface area contributed by atoms with Gasteiger partial charge < -0.3 is 15.4 Å². The molecule has 7 heteroatoms. The van der Waals surface area contributed by atoms with Crippen molar-refractivity contribution in [3.63, 3.8) is 0 Å². The molecule has 2 aromatic carbocycles. The van der Waals surface area contributed by atoms with Gasteiger partial charge in [-0.25, -0.2) is 4.98 Å². The fraction of sp³-hybridized carbons (Fsp3) is 0.0526. The summed E-state index contributed by atoms with van der Waals surface area (Å²) >= 11 is 12.0. The third kappa shape index (κ3) is 4.65. The Morgan fingerprint density at radius 3 is 2.15 bits per heavy atom. The molecule has 0 aliphatic rings. The molecule has 0 fully saturated rings. The van der Waals surface area contributed by atoms with Crippen molar-refractivity contribution in [1.82, 2.24) is 4.98 Å². The quantitative estimate of drug-likeness (QED) is 0.615. The molecule has 1 amide bonds. The van der Waals surface area contributed by atoms with Crippen LogP contribution < -0.4 is 15.4 Å². The summed E-state index contributed by atoms with van der Waals surface area (Å²) in [5, 5.41) is 6.98. The molecule has 0 aliphatic heterocycles. The normalized spacial score (nSPS) is 10.3. The number of hydrogen-bond donors (Lipinski definition) is 2. The fourth-order valence-corrected chi connectivity index (χ4v) is 2.79. The van der Waals surface area contributed by atoms with Gasteiger partial charge in [-0.2, -0.15) is 0 Å². The summed E-state index contributed by atoms with van der Waals surface area (Å²) < 4.78 is 5.09. The molecule has 1 aromatic heterocycles. The maximum atomic E-state index is 12.3. The van der Waals surface area contributed by atoms with Crippen LogP contribution in [-0.4, -0.2) is 18.0 Å². The van der Waals surface area contributed by atoms with Gasteiger partial charge in [-0.1, -0.05) is 23.2 Å². The Balaban J connectivity index is 1.67. The van der Waals surface area contributed by atoms with Crippen molar-refractivity contribution in [2.75, 3.05) is 17.7 Å². The van der Waals surface area contributed by atoms with Crippen LogP contribution in [0.5, 0.6) is 5.75 Å². The van der Waals surface area contributed by atoms with E-state index in [0.29, 0.717) is 27.1 Å². The second-order valence-corrected chi connectivity index (χ2v) is 6.27. The van der Waals surface area contributed by atoms with Gasteiger partial charge in [0.15, 0.2) is 0 Å². The highest BCUT2D eigenvalue weighted by Gasteiger charge is 2.08. The highest BCUT2D eigenvalue weighted by atomic mass is 35.5. The minimum atomic E-state index is -0.299. The van der Waals surface area contributed by atoms with Crippen LogP contribution >= 0.6 is 23.2 Å². The second-order valence-electron chi connectivity index (χ2n) is 5.40. The van der Waals surface area contributed by atoms with Gasteiger partial charge in [0, 0.05) is 21.4 Å². The first-order chi connectivity index (χ1) is 12.5. The summed E-state index contributed by atoms with van der Waals surface area (Å²) in [5.41, 5.74) is 2.41. The predicted molar refractivity (Wildman–Crippen MR) is 105 cm³/mol. The zero-order chi connectivity index (χ0) is 18.5. The third-order valence-corrected chi connectivity index (χ3v) is 3.93. The first kappa shape index (κ1) is 18.0. The van der Waals surface area contributed by atoms with E-state index in [1.165, 1.54) is 0 Å². The van der Waals surface area contributed by atoms with E-state index in [2.05, 4.69) is 15.6 Å². The molecule has 0 radical (unpaired) electrons. The molecule has 1 heterocycles. The number of nitrogens with zero attached hydrogens (tertiary/aromatic N) is 1. The topological polar surface area (TPSA) is 63.2 Å². The standard InChI is InChI=1S/C19H15Cl2N3O2/c1-26-17-5-2-14(3-6-17)24-19(25)18-7-4-15(11-22-18)23-16-9-12(20)8-13(21)10-16/h2-11,23H,1H3,(H,24,25). The molecule has 0 atom stereocenters. The molecule has 0 unspecified atom stereocenters. The lowest BCUT2D eigenvalue weighted by Gasteiger charge is -2.09. The molecule has 0 saturated carbocycles. The molecule has 0 bridgehead atoms. The van der Waals surface area contributed by atoms with Crippen molar-refractivity contribution < 1.29 is 9.53 Å². The molecular weight excluding hydrogens is 373 g/mol. The van der Waals surface area contributed by atoms with Gasteiger partial charge in [0.05, 0.1) is 19.0 Å². The number of amides is 1. The molecule has 2 N–H and O–H groups in total. The maximum absolute atomic E-state index is 12.3. The monoisotopic (exact) mass is 387 g/mol. The molecular formula is C19H15Cl2N3O2. The number of anilines is 3. The van der Waals surface area contributed by atoms with Crippen molar-refractivity contribution in [2.45, 2.75) is 0 Å². The highest BCUT2D eigenvalue weighted by molar-refractivity contribution is 6.35. The summed E-state index contributed by atoms with van der Waals surface area (Å²) in [6, 6.07) is 15.6. The highest BCUT2D eigenvalue weighted by Crippen LogP contribution is 2.25. The zero-order valence-electron chi connectivity index (χ0n) is 13.8. The third-order valence-electron chi connectivity index (χ3n) is 3.50.